The second kappa shape index (κ2) is 9.20. The van der Waals surface area contributed by atoms with Crippen LogP contribution in [0.15, 0.2) is 54.4 Å². The molecule has 1 amide bonds. The number of aliphatic hydroxyl groups is 1. The van der Waals surface area contributed by atoms with Crippen molar-refractivity contribution < 1.29 is 14.7 Å². The van der Waals surface area contributed by atoms with Crippen molar-refractivity contribution in [2.45, 2.75) is 19.9 Å². The number of likely N-dealkylation sites (N-methyl/N-ethyl adjacent to an activating group) is 1. The lowest BCUT2D eigenvalue weighted by Gasteiger charge is -2.28. The van der Waals surface area contributed by atoms with E-state index in [1.54, 1.807) is 42.7 Å². The summed E-state index contributed by atoms with van der Waals surface area (Å²) in [5.74, 6) is -1.51. The average molecular weight is 414 g/mol. The molecule has 0 unspecified atom stereocenters. The van der Waals surface area contributed by atoms with Crippen LogP contribution in [0.1, 0.15) is 31.0 Å². The summed E-state index contributed by atoms with van der Waals surface area (Å²) in [6.07, 6.45) is 3.25. The number of aliphatic hydroxyl groups excluding tert-OH is 1. The molecule has 0 aliphatic carbocycles. The fourth-order valence-corrected chi connectivity index (χ4v) is 3.67. The molecule has 3 rings (SSSR count). The minimum Gasteiger partial charge on any atom is -0.507 e. The zero-order valence-electron chi connectivity index (χ0n) is 16.5. The van der Waals surface area contributed by atoms with E-state index in [4.69, 9.17) is 11.6 Å². The monoisotopic (exact) mass is 413 g/mol. The molecule has 1 atom stereocenters. The third kappa shape index (κ3) is 4.33. The highest BCUT2D eigenvalue weighted by atomic mass is 35.5. The van der Waals surface area contributed by atoms with E-state index < -0.39 is 17.7 Å². The summed E-state index contributed by atoms with van der Waals surface area (Å²) in [5.41, 5.74) is 1.19. The summed E-state index contributed by atoms with van der Waals surface area (Å²) in [6.45, 7) is 6.82. The van der Waals surface area contributed by atoms with Gasteiger partial charge in [-0.3, -0.25) is 14.6 Å². The van der Waals surface area contributed by atoms with E-state index in [9.17, 15) is 14.7 Å². The van der Waals surface area contributed by atoms with Crippen LogP contribution in [-0.4, -0.2) is 57.8 Å². The Morgan fingerprint density at radius 3 is 2.45 bits per heavy atom. The van der Waals surface area contributed by atoms with E-state index in [1.807, 2.05) is 6.07 Å². The highest BCUT2D eigenvalue weighted by Gasteiger charge is 2.46. The maximum absolute atomic E-state index is 12.9. The molecule has 2 heterocycles. The smallest absolute Gasteiger partial charge is 0.295 e. The number of nitrogens with zero attached hydrogens (tertiary/aromatic N) is 3. The molecule has 2 aromatic rings. The standard InChI is InChI=1S/C22H24ClN3O3/c1-3-25(4-2)12-13-26-19(16-6-5-11-24-14-16)18(21(28)22(26)29)20(27)15-7-9-17(23)10-8-15/h5-11,14,19,27H,3-4,12-13H2,1-2H3/t19-/m0/s1. The number of hydrogen-bond donors (Lipinski definition) is 1. The van der Waals surface area contributed by atoms with Gasteiger partial charge in [0.2, 0.25) is 0 Å². The van der Waals surface area contributed by atoms with Gasteiger partial charge < -0.3 is 14.9 Å². The summed E-state index contributed by atoms with van der Waals surface area (Å²) in [5, 5.41) is 11.4. The zero-order chi connectivity index (χ0) is 21.0. The predicted molar refractivity (Wildman–Crippen MR) is 112 cm³/mol. The zero-order valence-corrected chi connectivity index (χ0v) is 17.3. The van der Waals surface area contributed by atoms with Gasteiger partial charge in [-0.15, -0.1) is 0 Å². The number of carbonyl (C=O) groups is 2. The van der Waals surface area contributed by atoms with Gasteiger partial charge in [-0.25, -0.2) is 0 Å². The SMILES string of the molecule is CCN(CC)CCN1C(=O)C(=O)C(=C(O)c2ccc(Cl)cc2)[C@@H]1c1cccnc1. The first-order valence-corrected chi connectivity index (χ1v) is 10.0. The highest BCUT2D eigenvalue weighted by Crippen LogP contribution is 2.39. The van der Waals surface area contributed by atoms with Crippen molar-refractivity contribution in [2.75, 3.05) is 26.2 Å². The van der Waals surface area contributed by atoms with E-state index in [1.165, 1.54) is 4.90 Å². The maximum atomic E-state index is 12.9. The molecular formula is C22H24ClN3O3. The highest BCUT2D eigenvalue weighted by molar-refractivity contribution is 6.46. The van der Waals surface area contributed by atoms with Gasteiger partial charge in [-0.2, -0.15) is 0 Å². The number of rotatable bonds is 7. The Bertz CT molecular complexity index is 909. The Kier molecular flexibility index (Phi) is 6.67. The third-order valence-corrected chi connectivity index (χ3v) is 5.46. The molecule has 0 radical (unpaired) electrons. The fourth-order valence-electron chi connectivity index (χ4n) is 3.55. The quantitative estimate of drug-likeness (QED) is 0.427. The summed E-state index contributed by atoms with van der Waals surface area (Å²) in [4.78, 5) is 33.6. The van der Waals surface area contributed by atoms with Crippen molar-refractivity contribution in [3.8, 4) is 0 Å². The molecule has 29 heavy (non-hydrogen) atoms. The predicted octanol–water partition coefficient (Wildman–Crippen LogP) is 3.50. The van der Waals surface area contributed by atoms with E-state index in [0.717, 1.165) is 13.1 Å². The average Bonchev–Trinajstić information content (AvgIpc) is 3.00. The number of benzene rings is 1. The second-order valence-corrected chi connectivity index (χ2v) is 7.25. The molecule has 6 nitrogen and oxygen atoms in total. The Hall–Kier alpha value is -2.70. The van der Waals surface area contributed by atoms with Gasteiger partial charge in [0.05, 0.1) is 11.6 Å². The number of pyridine rings is 1. The molecule has 7 heteroatoms. The number of carbonyl (C=O) groups excluding carboxylic acids is 2. The number of hydrogen-bond acceptors (Lipinski definition) is 5. The van der Waals surface area contributed by atoms with Gasteiger partial charge >= 0.3 is 0 Å². The molecule has 0 bridgehead atoms. The lowest BCUT2D eigenvalue weighted by molar-refractivity contribution is -0.140. The van der Waals surface area contributed by atoms with Crippen LogP contribution >= 0.6 is 11.6 Å². The van der Waals surface area contributed by atoms with Crippen molar-refractivity contribution >= 4 is 29.1 Å². The van der Waals surface area contributed by atoms with Gasteiger partial charge in [-0.05, 0) is 49.0 Å². The number of ketones is 1. The first-order chi connectivity index (χ1) is 14.0. The largest absolute Gasteiger partial charge is 0.507 e. The van der Waals surface area contributed by atoms with E-state index >= 15 is 0 Å². The molecular weight excluding hydrogens is 390 g/mol. The first kappa shape index (κ1) is 21.0. The van der Waals surface area contributed by atoms with E-state index in [-0.39, 0.29) is 11.3 Å². The number of halogens is 1. The Morgan fingerprint density at radius 1 is 1.17 bits per heavy atom. The molecule has 1 aliphatic heterocycles. The molecule has 1 aromatic carbocycles. The van der Waals surface area contributed by atoms with E-state index in [2.05, 4.69) is 23.7 Å². The van der Waals surface area contributed by atoms with Crippen molar-refractivity contribution in [2.24, 2.45) is 0 Å². The third-order valence-electron chi connectivity index (χ3n) is 5.21. The van der Waals surface area contributed by atoms with Gasteiger partial charge in [0.1, 0.15) is 5.76 Å². The van der Waals surface area contributed by atoms with Crippen LogP contribution in [0.25, 0.3) is 5.76 Å². The van der Waals surface area contributed by atoms with Crippen LogP contribution in [0.5, 0.6) is 0 Å². The molecule has 152 valence electrons. The van der Waals surface area contributed by atoms with Crippen LogP contribution in [-0.2, 0) is 9.59 Å². The summed E-state index contributed by atoms with van der Waals surface area (Å²) in [6, 6.07) is 9.39. The van der Waals surface area contributed by atoms with Crippen LogP contribution in [0.4, 0.5) is 0 Å². The summed E-state index contributed by atoms with van der Waals surface area (Å²) >= 11 is 5.93. The molecule has 1 aromatic heterocycles. The van der Waals surface area contributed by atoms with Gasteiger partial charge in [0.15, 0.2) is 0 Å². The number of Topliss-reactive ketones (excluding diaryl/α,β-unsaturated/α-hetero) is 1. The van der Waals surface area contributed by atoms with Crippen LogP contribution < -0.4 is 0 Å². The minimum absolute atomic E-state index is 0.0740. The molecule has 1 N–H and O–H groups in total. The molecule has 1 saturated heterocycles. The lowest BCUT2D eigenvalue weighted by atomic mass is 9.96. The normalized spacial score (nSPS) is 18.6. The first-order valence-electron chi connectivity index (χ1n) is 9.64. The van der Waals surface area contributed by atoms with Crippen LogP contribution in [0, 0.1) is 0 Å². The van der Waals surface area contributed by atoms with Crippen molar-refractivity contribution in [1.29, 1.82) is 0 Å². The Labute approximate surface area is 175 Å². The molecule has 0 saturated carbocycles. The van der Waals surface area contributed by atoms with Gasteiger partial charge in [-0.1, -0.05) is 31.5 Å². The number of amides is 1. The Balaban J connectivity index is 2.06. The summed E-state index contributed by atoms with van der Waals surface area (Å²) in [7, 11) is 0. The van der Waals surface area contributed by atoms with Crippen LogP contribution in [0.2, 0.25) is 5.02 Å². The molecule has 1 aliphatic rings. The summed E-state index contributed by atoms with van der Waals surface area (Å²) < 4.78 is 0. The maximum Gasteiger partial charge on any atom is 0.295 e. The topological polar surface area (TPSA) is 73.7 Å². The van der Waals surface area contributed by atoms with Gasteiger partial charge in [0, 0.05) is 36.1 Å². The van der Waals surface area contributed by atoms with Crippen molar-refractivity contribution in [1.82, 2.24) is 14.8 Å². The van der Waals surface area contributed by atoms with Crippen molar-refractivity contribution in [3.05, 3.63) is 70.5 Å². The van der Waals surface area contributed by atoms with Gasteiger partial charge in [0.25, 0.3) is 11.7 Å². The van der Waals surface area contributed by atoms with E-state index in [0.29, 0.717) is 29.2 Å². The molecule has 0 spiro atoms. The Morgan fingerprint density at radius 2 is 1.86 bits per heavy atom. The molecule has 1 fully saturated rings. The van der Waals surface area contributed by atoms with Crippen molar-refractivity contribution in [3.63, 3.8) is 0 Å². The van der Waals surface area contributed by atoms with Crippen LogP contribution in [0.3, 0.4) is 0 Å². The lowest BCUT2D eigenvalue weighted by Crippen LogP contribution is -2.38. The minimum atomic E-state index is -0.689. The second-order valence-electron chi connectivity index (χ2n) is 6.81. The fraction of sp³-hybridized carbons (Fsp3) is 0.318. The number of aromatic nitrogens is 1. The number of likely N-dealkylation sites (tertiary alicyclic amines) is 1.